The van der Waals surface area contributed by atoms with Gasteiger partial charge in [0.15, 0.2) is 0 Å². The van der Waals surface area contributed by atoms with Gasteiger partial charge in [-0.1, -0.05) is 0 Å². The number of piperazine rings is 1. The third-order valence-electron chi connectivity index (χ3n) is 4.61. The Morgan fingerprint density at radius 1 is 1.15 bits per heavy atom. The van der Waals surface area contributed by atoms with Crippen LogP contribution in [0.25, 0.3) is 11.0 Å². The number of nitrogens with one attached hydrogen (secondary N) is 4. The Morgan fingerprint density at radius 3 is 2.74 bits per heavy atom. The van der Waals surface area contributed by atoms with Crippen LogP contribution in [0.15, 0.2) is 41.7 Å². The van der Waals surface area contributed by atoms with Crippen molar-refractivity contribution in [3.63, 3.8) is 0 Å². The van der Waals surface area contributed by atoms with Crippen LogP contribution in [0.1, 0.15) is 0 Å². The second kappa shape index (κ2) is 7.14. The summed E-state index contributed by atoms with van der Waals surface area (Å²) in [6, 6.07) is 6.99. The van der Waals surface area contributed by atoms with Gasteiger partial charge in [-0.05, 0) is 31.3 Å². The number of fused-ring (bicyclic) bond motifs is 1. The molecule has 10 heteroatoms. The number of hydrogen-bond donors (Lipinski definition) is 4. The normalized spacial score (nSPS) is 15.2. The summed E-state index contributed by atoms with van der Waals surface area (Å²) >= 11 is 0. The molecule has 4 N–H and O–H groups in total. The summed E-state index contributed by atoms with van der Waals surface area (Å²) in [5, 5.41) is 7.48. The van der Waals surface area contributed by atoms with E-state index in [4.69, 9.17) is 0 Å². The highest BCUT2D eigenvalue weighted by molar-refractivity contribution is 7.89. The number of hydrogen-bond acceptors (Lipinski definition) is 7. The summed E-state index contributed by atoms with van der Waals surface area (Å²) in [7, 11) is -2.15. The summed E-state index contributed by atoms with van der Waals surface area (Å²) < 4.78 is 26.9. The maximum absolute atomic E-state index is 12.3. The number of aromatic nitrogens is 3. The average molecular weight is 387 g/mol. The maximum atomic E-state index is 12.3. The van der Waals surface area contributed by atoms with E-state index in [0.717, 1.165) is 42.9 Å². The first-order valence-electron chi connectivity index (χ1n) is 8.67. The molecule has 1 aromatic carbocycles. The molecule has 3 heterocycles. The molecule has 1 fully saturated rings. The first kappa shape index (κ1) is 17.7. The second-order valence-electron chi connectivity index (χ2n) is 6.21. The molecule has 0 spiro atoms. The molecule has 0 amide bonds. The molecule has 4 rings (SSSR count). The van der Waals surface area contributed by atoms with Crippen LogP contribution in [0.2, 0.25) is 0 Å². The molecule has 1 saturated heterocycles. The van der Waals surface area contributed by atoms with E-state index in [0.29, 0.717) is 11.5 Å². The molecule has 1 aliphatic rings. The molecule has 0 unspecified atom stereocenters. The van der Waals surface area contributed by atoms with Crippen LogP contribution >= 0.6 is 0 Å². The maximum Gasteiger partial charge on any atom is 0.240 e. The highest BCUT2D eigenvalue weighted by Crippen LogP contribution is 2.32. The Morgan fingerprint density at radius 2 is 1.96 bits per heavy atom. The molecule has 2 aromatic heterocycles. The van der Waals surface area contributed by atoms with Gasteiger partial charge in [0.05, 0.1) is 21.7 Å². The van der Waals surface area contributed by atoms with Crippen LogP contribution in [0.3, 0.4) is 0 Å². The molecule has 3 aromatic rings. The summed E-state index contributed by atoms with van der Waals surface area (Å²) in [6.07, 6.45) is 3.27. The fourth-order valence-electron chi connectivity index (χ4n) is 3.18. The average Bonchev–Trinajstić information content (AvgIpc) is 3.18. The van der Waals surface area contributed by atoms with Gasteiger partial charge in [0.2, 0.25) is 10.0 Å². The Kier molecular flexibility index (Phi) is 4.68. The van der Waals surface area contributed by atoms with Crippen LogP contribution in [-0.2, 0) is 10.0 Å². The lowest BCUT2D eigenvalue weighted by molar-refractivity contribution is 0.586. The molecule has 27 heavy (non-hydrogen) atoms. The minimum absolute atomic E-state index is 0.200. The summed E-state index contributed by atoms with van der Waals surface area (Å²) in [6.45, 7) is 3.45. The van der Waals surface area contributed by atoms with Crippen molar-refractivity contribution in [2.24, 2.45) is 0 Å². The van der Waals surface area contributed by atoms with Crippen LogP contribution in [0, 0.1) is 0 Å². The van der Waals surface area contributed by atoms with E-state index in [1.165, 1.54) is 13.4 Å². The van der Waals surface area contributed by atoms with Crippen molar-refractivity contribution in [1.29, 1.82) is 0 Å². The van der Waals surface area contributed by atoms with Gasteiger partial charge in [0.1, 0.15) is 17.8 Å². The van der Waals surface area contributed by atoms with Crippen molar-refractivity contribution >= 4 is 38.2 Å². The Hall–Kier alpha value is -2.69. The van der Waals surface area contributed by atoms with Gasteiger partial charge in [0.25, 0.3) is 0 Å². The third-order valence-corrected chi connectivity index (χ3v) is 6.02. The first-order valence-corrected chi connectivity index (χ1v) is 10.2. The highest BCUT2D eigenvalue weighted by atomic mass is 32.2. The van der Waals surface area contributed by atoms with Crippen LogP contribution in [0.5, 0.6) is 0 Å². The van der Waals surface area contributed by atoms with E-state index in [1.807, 2.05) is 12.1 Å². The summed E-state index contributed by atoms with van der Waals surface area (Å²) in [4.78, 5) is 14.0. The number of aromatic amines is 1. The smallest absolute Gasteiger partial charge is 0.240 e. The Balaban J connectivity index is 1.79. The Bertz CT molecular complexity index is 1060. The van der Waals surface area contributed by atoms with E-state index >= 15 is 0 Å². The quantitative estimate of drug-likeness (QED) is 0.517. The third kappa shape index (κ3) is 3.46. The number of benzene rings is 1. The van der Waals surface area contributed by atoms with E-state index < -0.39 is 10.0 Å². The number of sulfonamides is 1. The van der Waals surface area contributed by atoms with Crippen molar-refractivity contribution in [3.05, 3.63) is 36.8 Å². The molecule has 0 bridgehead atoms. The van der Waals surface area contributed by atoms with E-state index in [-0.39, 0.29) is 4.90 Å². The fourth-order valence-corrected chi connectivity index (χ4v) is 3.94. The van der Waals surface area contributed by atoms with E-state index in [2.05, 4.69) is 35.2 Å². The Labute approximate surface area is 157 Å². The molecule has 9 nitrogen and oxygen atoms in total. The van der Waals surface area contributed by atoms with Crippen LogP contribution < -0.4 is 20.3 Å². The van der Waals surface area contributed by atoms with Gasteiger partial charge in [0, 0.05) is 32.4 Å². The molecule has 0 radical (unpaired) electrons. The zero-order valence-corrected chi connectivity index (χ0v) is 15.7. The molecular formula is C17H21N7O2S. The van der Waals surface area contributed by atoms with Gasteiger partial charge in [-0.15, -0.1) is 0 Å². The topological polar surface area (TPSA) is 115 Å². The van der Waals surface area contributed by atoms with Gasteiger partial charge in [-0.25, -0.2) is 23.1 Å². The number of anilines is 3. The van der Waals surface area contributed by atoms with Gasteiger partial charge < -0.3 is 20.5 Å². The molecular weight excluding hydrogens is 366 g/mol. The minimum Gasteiger partial charge on any atom is -0.367 e. The minimum atomic E-state index is -3.55. The van der Waals surface area contributed by atoms with Crippen LogP contribution in [-0.4, -0.2) is 56.6 Å². The van der Waals surface area contributed by atoms with E-state index in [9.17, 15) is 8.42 Å². The zero-order valence-electron chi connectivity index (χ0n) is 14.9. The van der Waals surface area contributed by atoms with Crippen molar-refractivity contribution in [2.75, 3.05) is 43.4 Å². The summed E-state index contributed by atoms with van der Waals surface area (Å²) in [5.41, 5.74) is 2.35. The lowest BCUT2D eigenvalue weighted by atomic mass is 10.2. The number of H-pyrrole nitrogens is 1. The predicted octanol–water partition coefficient (Wildman–Crippen LogP) is 1.02. The molecule has 0 saturated carbocycles. The monoisotopic (exact) mass is 387 g/mol. The predicted molar refractivity (Wildman–Crippen MR) is 105 cm³/mol. The molecule has 0 aliphatic carbocycles. The van der Waals surface area contributed by atoms with Crippen LogP contribution in [0.4, 0.5) is 17.2 Å². The molecule has 1 aliphatic heterocycles. The fraction of sp³-hybridized carbons (Fsp3) is 0.294. The first-order chi connectivity index (χ1) is 13.1. The van der Waals surface area contributed by atoms with Crippen molar-refractivity contribution in [1.82, 2.24) is 25.0 Å². The summed E-state index contributed by atoms with van der Waals surface area (Å²) in [5.74, 6) is 0.622. The SMILES string of the molecule is CNS(=O)(=O)c1ccc(N2CCNCC2)c(Nc2ncnc3[nH]ccc23)c1. The molecule has 0 atom stereocenters. The van der Waals surface area contributed by atoms with Gasteiger partial charge >= 0.3 is 0 Å². The lowest BCUT2D eigenvalue weighted by Crippen LogP contribution is -2.43. The van der Waals surface area contributed by atoms with Crippen molar-refractivity contribution in [3.8, 4) is 0 Å². The number of rotatable bonds is 5. The van der Waals surface area contributed by atoms with E-state index in [1.54, 1.807) is 18.3 Å². The zero-order chi connectivity index (χ0) is 18.9. The number of nitrogens with zero attached hydrogens (tertiary/aromatic N) is 3. The van der Waals surface area contributed by atoms with Crippen molar-refractivity contribution < 1.29 is 8.42 Å². The lowest BCUT2D eigenvalue weighted by Gasteiger charge is -2.31. The largest absolute Gasteiger partial charge is 0.367 e. The van der Waals surface area contributed by atoms with Crippen molar-refractivity contribution in [2.45, 2.75) is 4.90 Å². The molecule has 142 valence electrons. The standard InChI is InChI=1S/C17H21N7O2S/c1-18-27(25,26)12-2-3-15(24-8-6-19-7-9-24)14(10-12)23-17-13-4-5-20-16(13)21-11-22-17/h2-5,10-11,18-19H,6-9H2,1H3,(H2,20,21,22,23). The highest BCUT2D eigenvalue weighted by Gasteiger charge is 2.19. The van der Waals surface area contributed by atoms with Gasteiger partial charge in [-0.3, -0.25) is 0 Å². The van der Waals surface area contributed by atoms with Gasteiger partial charge in [-0.2, -0.15) is 0 Å². The second-order valence-corrected chi connectivity index (χ2v) is 8.10.